The molecule has 0 aromatic heterocycles. The number of ether oxygens (including phenoxy) is 1. The molecule has 2 rings (SSSR count). The van der Waals surface area contributed by atoms with Crippen LogP contribution in [0.1, 0.15) is 27.2 Å². The molecule has 2 fully saturated rings. The van der Waals surface area contributed by atoms with Gasteiger partial charge >= 0.3 is 12.3 Å². The molecule has 1 atom stereocenters. The number of halogens is 4. The van der Waals surface area contributed by atoms with Crippen molar-refractivity contribution < 1.29 is 22.7 Å². The van der Waals surface area contributed by atoms with Gasteiger partial charge in [-0.3, -0.25) is 14.8 Å². The molecule has 2 saturated heterocycles. The first kappa shape index (κ1) is 28.0. The van der Waals surface area contributed by atoms with Gasteiger partial charge in [0.15, 0.2) is 5.96 Å². The number of hydrogen-bond acceptors (Lipinski definition) is 5. The van der Waals surface area contributed by atoms with Crippen LogP contribution in [-0.2, 0) is 4.74 Å². The van der Waals surface area contributed by atoms with Crippen LogP contribution in [0.15, 0.2) is 4.99 Å². The Morgan fingerprint density at radius 1 is 1.10 bits per heavy atom. The maximum Gasteiger partial charge on any atom is 0.410 e. The molecular weight excluding hydrogens is 528 g/mol. The van der Waals surface area contributed by atoms with Crippen molar-refractivity contribution in [1.82, 2.24) is 25.3 Å². The molecule has 31 heavy (non-hydrogen) atoms. The van der Waals surface area contributed by atoms with E-state index in [0.29, 0.717) is 45.1 Å². The van der Waals surface area contributed by atoms with Gasteiger partial charge in [0.05, 0.1) is 6.54 Å². The van der Waals surface area contributed by atoms with Crippen LogP contribution >= 0.6 is 24.0 Å². The number of nitrogens with one attached hydrogen (secondary N) is 2. The molecule has 0 bridgehead atoms. The van der Waals surface area contributed by atoms with Crippen molar-refractivity contribution in [2.75, 3.05) is 66.0 Å². The number of rotatable bonds is 5. The summed E-state index contributed by atoms with van der Waals surface area (Å²) in [5, 5.41) is 6.43. The largest absolute Gasteiger partial charge is 0.444 e. The molecule has 0 radical (unpaired) electrons. The lowest BCUT2D eigenvalue weighted by Gasteiger charge is -2.35. The molecule has 12 heteroatoms. The number of amides is 1. The van der Waals surface area contributed by atoms with Gasteiger partial charge in [0.25, 0.3) is 0 Å². The maximum atomic E-state index is 12.5. The highest BCUT2D eigenvalue weighted by Crippen LogP contribution is 2.20. The summed E-state index contributed by atoms with van der Waals surface area (Å²) in [7, 11) is 1.65. The first-order chi connectivity index (χ1) is 13.9. The summed E-state index contributed by atoms with van der Waals surface area (Å²) in [6, 6.07) is -0.0454. The average molecular weight is 564 g/mol. The standard InChI is InChI=1S/C19H35F3N6O2.HI/c1-18(2,3)30-17(29)28-11-9-26(10-12-28)8-6-24-16(23-4)25-15-5-7-27(13-15)14-19(20,21)22;/h15H,5-14H2,1-4H3,(H2,23,24,25);1H. The Labute approximate surface area is 199 Å². The first-order valence-electron chi connectivity index (χ1n) is 10.4. The maximum absolute atomic E-state index is 12.5. The predicted molar refractivity (Wildman–Crippen MR) is 125 cm³/mol. The molecule has 0 aromatic carbocycles. The van der Waals surface area contributed by atoms with Crippen molar-refractivity contribution in [2.24, 2.45) is 4.99 Å². The molecule has 0 aliphatic carbocycles. The quantitative estimate of drug-likeness (QED) is 0.303. The second-order valence-electron chi connectivity index (χ2n) is 8.79. The Morgan fingerprint density at radius 2 is 1.74 bits per heavy atom. The van der Waals surface area contributed by atoms with Crippen molar-refractivity contribution in [3.8, 4) is 0 Å². The zero-order valence-electron chi connectivity index (χ0n) is 18.8. The summed E-state index contributed by atoms with van der Waals surface area (Å²) in [5.74, 6) is 0.598. The van der Waals surface area contributed by atoms with E-state index in [4.69, 9.17) is 4.74 Å². The summed E-state index contributed by atoms with van der Waals surface area (Å²) in [5.41, 5.74) is -0.496. The van der Waals surface area contributed by atoms with Gasteiger partial charge in [-0.25, -0.2) is 4.79 Å². The number of hydrogen-bond donors (Lipinski definition) is 2. The third kappa shape index (κ3) is 10.9. The molecule has 2 aliphatic heterocycles. The monoisotopic (exact) mass is 564 g/mol. The number of alkyl halides is 3. The number of aliphatic imine (C=N–C) groups is 1. The van der Waals surface area contributed by atoms with Gasteiger partial charge in [0.2, 0.25) is 0 Å². The number of guanidine groups is 1. The second-order valence-corrected chi connectivity index (χ2v) is 8.79. The van der Waals surface area contributed by atoms with Gasteiger partial charge in [0, 0.05) is 65.4 Å². The highest BCUT2D eigenvalue weighted by Gasteiger charge is 2.34. The minimum Gasteiger partial charge on any atom is -0.444 e. The van der Waals surface area contributed by atoms with E-state index in [-0.39, 0.29) is 36.1 Å². The van der Waals surface area contributed by atoms with Gasteiger partial charge in [-0.1, -0.05) is 0 Å². The molecular formula is C19H36F3IN6O2. The van der Waals surface area contributed by atoms with Crippen molar-refractivity contribution in [2.45, 2.75) is 45.0 Å². The smallest absolute Gasteiger partial charge is 0.410 e. The van der Waals surface area contributed by atoms with Crippen LogP contribution in [0.25, 0.3) is 0 Å². The topological polar surface area (TPSA) is 72.4 Å². The van der Waals surface area contributed by atoms with Gasteiger partial charge in [0.1, 0.15) is 5.60 Å². The zero-order chi connectivity index (χ0) is 22.4. The van der Waals surface area contributed by atoms with E-state index < -0.39 is 18.3 Å². The predicted octanol–water partition coefficient (Wildman–Crippen LogP) is 1.96. The van der Waals surface area contributed by atoms with Crippen LogP contribution in [0, 0.1) is 0 Å². The molecule has 1 amide bonds. The molecule has 1 unspecified atom stereocenters. The lowest BCUT2D eigenvalue weighted by atomic mass is 10.2. The number of carbonyl (C=O) groups excluding carboxylic acids is 1. The van der Waals surface area contributed by atoms with E-state index in [2.05, 4.69) is 20.5 Å². The number of piperazine rings is 1. The summed E-state index contributed by atoms with van der Waals surface area (Å²) in [6.45, 7) is 9.70. The van der Waals surface area contributed by atoms with Crippen molar-refractivity contribution in [3.63, 3.8) is 0 Å². The zero-order valence-corrected chi connectivity index (χ0v) is 21.1. The summed E-state index contributed by atoms with van der Waals surface area (Å²) < 4.78 is 43.0. The number of likely N-dealkylation sites (tertiary alicyclic amines) is 1. The third-order valence-electron chi connectivity index (χ3n) is 4.98. The fraction of sp³-hybridized carbons (Fsp3) is 0.895. The van der Waals surface area contributed by atoms with Gasteiger partial charge in [-0.2, -0.15) is 13.2 Å². The van der Waals surface area contributed by atoms with Crippen LogP contribution in [0.5, 0.6) is 0 Å². The second kappa shape index (κ2) is 12.3. The molecule has 0 saturated carbocycles. The molecule has 0 aromatic rings. The minimum atomic E-state index is -4.16. The number of carbonyl (C=O) groups is 1. The summed E-state index contributed by atoms with van der Waals surface area (Å²) in [6.07, 6.45) is -3.79. The van der Waals surface area contributed by atoms with Crippen LogP contribution in [0.2, 0.25) is 0 Å². The van der Waals surface area contributed by atoms with Crippen LogP contribution in [0.3, 0.4) is 0 Å². The van der Waals surface area contributed by atoms with E-state index in [1.165, 1.54) is 4.90 Å². The Hall–Kier alpha value is -1.02. The third-order valence-corrected chi connectivity index (χ3v) is 4.98. The van der Waals surface area contributed by atoms with E-state index in [1.807, 2.05) is 20.8 Å². The summed E-state index contributed by atoms with van der Waals surface area (Å²) in [4.78, 5) is 21.7. The lowest BCUT2D eigenvalue weighted by Crippen LogP contribution is -2.52. The highest BCUT2D eigenvalue weighted by atomic mass is 127. The average Bonchev–Trinajstić information content (AvgIpc) is 3.05. The van der Waals surface area contributed by atoms with Crippen LogP contribution < -0.4 is 10.6 Å². The normalized spacial score (nSPS) is 21.6. The van der Waals surface area contributed by atoms with Gasteiger partial charge in [-0.05, 0) is 27.2 Å². The van der Waals surface area contributed by atoms with Gasteiger partial charge in [-0.15, -0.1) is 24.0 Å². The van der Waals surface area contributed by atoms with E-state index in [0.717, 1.165) is 19.6 Å². The molecule has 8 nitrogen and oxygen atoms in total. The molecule has 182 valence electrons. The first-order valence-corrected chi connectivity index (χ1v) is 10.4. The molecule has 2 heterocycles. The van der Waals surface area contributed by atoms with Crippen molar-refractivity contribution in [3.05, 3.63) is 0 Å². The Balaban J connectivity index is 0.00000480. The fourth-order valence-electron chi connectivity index (χ4n) is 3.55. The van der Waals surface area contributed by atoms with Crippen molar-refractivity contribution >= 4 is 36.0 Å². The summed E-state index contributed by atoms with van der Waals surface area (Å²) >= 11 is 0. The minimum absolute atomic E-state index is 0. The van der Waals surface area contributed by atoms with E-state index in [1.54, 1.807) is 11.9 Å². The fourth-order valence-corrected chi connectivity index (χ4v) is 3.55. The Bertz CT molecular complexity index is 592. The SMILES string of the molecule is CN=C(NCCN1CCN(C(=O)OC(C)(C)C)CC1)NC1CCN(CC(F)(F)F)C1.I. The highest BCUT2D eigenvalue weighted by molar-refractivity contribution is 14.0. The van der Waals surface area contributed by atoms with Crippen LogP contribution in [-0.4, -0.2) is 111 Å². The molecule has 0 spiro atoms. The van der Waals surface area contributed by atoms with Gasteiger partial charge < -0.3 is 20.3 Å². The van der Waals surface area contributed by atoms with E-state index in [9.17, 15) is 18.0 Å². The van der Waals surface area contributed by atoms with Crippen LogP contribution in [0.4, 0.5) is 18.0 Å². The Morgan fingerprint density at radius 3 is 2.29 bits per heavy atom. The molecule has 2 N–H and O–H groups in total. The lowest BCUT2D eigenvalue weighted by molar-refractivity contribution is -0.143. The van der Waals surface area contributed by atoms with Crippen molar-refractivity contribution in [1.29, 1.82) is 0 Å². The Kier molecular flexibility index (Phi) is 11.1. The van der Waals surface area contributed by atoms with E-state index >= 15 is 0 Å². The number of nitrogens with zero attached hydrogens (tertiary/aromatic N) is 4. The molecule has 2 aliphatic rings.